The molecule has 4 N–H and O–H groups in total. The average molecular weight is 417 g/mol. The summed E-state index contributed by atoms with van der Waals surface area (Å²) >= 11 is 0. The number of hydrogen-bond acceptors (Lipinski definition) is 9. The molecular formula is C20H32N8O2. The zero-order valence-corrected chi connectivity index (χ0v) is 18.1. The van der Waals surface area contributed by atoms with Gasteiger partial charge >= 0.3 is 0 Å². The minimum absolute atomic E-state index is 0.0763. The van der Waals surface area contributed by atoms with Crippen LogP contribution in [0.5, 0.6) is 5.75 Å². The summed E-state index contributed by atoms with van der Waals surface area (Å²) in [6.45, 7) is 10.3. The summed E-state index contributed by atoms with van der Waals surface area (Å²) in [5.74, 6) is 1.08. The van der Waals surface area contributed by atoms with Gasteiger partial charge in [0, 0.05) is 30.6 Å². The number of nitrogens with two attached hydrogens (primary N) is 1. The highest BCUT2D eigenvalue weighted by Gasteiger charge is 2.21. The molecule has 1 atom stereocenters. The van der Waals surface area contributed by atoms with E-state index >= 15 is 0 Å². The number of aromatic nitrogens is 4. The van der Waals surface area contributed by atoms with E-state index in [4.69, 9.17) is 15.2 Å². The number of rotatable bonds is 9. The van der Waals surface area contributed by atoms with Crippen molar-refractivity contribution in [2.75, 3.05) is 25.0 Å². The maximum absolute atomic E-state index is 6.09. The molecule has 0 spiro atoms. The van der Waals surface area contributed by atoms with Gasteiger partial charge in [-0.05, 0) is 53.6 Å². The minimum atomic E-state index is -0.281. The lowest BCUT2D eigenvalue weighted by Crippen LogP contribution is -2.35. The Balaban J connectivity index is 1.94. The third-order valence-corrected chi connectivity index (χ3v) is 4.66. The van der Waals surface area contributed by atoms with E-state index in [1.165, 1.54) is 6.20 Å². The maximum Gasteiger partial charge on any atom is 0.243 e. The van der Waals surface area contributed by atoms with Gasteiger partial charge in [0.2, 0.25) is 11.6 Å². The molecule has 1 fully saturated rings. The quantitative estimate of drug-likeness (QED) is 0.529. The second kappa shape index (κ2) is 10.4. The maximum atomic E-state index is 6.09. The first-order valence-electron chi connectivity index (χ1n) is 10.5. The smallest absolute Gasteiger partial charge is 0.243 e. The van der Waals surface area contributed by atoms with Crippen LogP contribution in [0.1, 0.15) is 46.2 Å². The molecule has 0 radical (unpaired) electrons. The highest BCUT2D eigenvalue weighted by Crippen LogP contribution is 2.29. The molecular weight excluding hydrogens is 384 g/mol. The number of aliphatic imine (C=N–C) groups is 1. The third kappa shape index (κ3) is 5.45. The number of piperidine rings is 1. The van der Waals surface area contributed by atoms with Crippen LogP contribution in [-0.4, -0.2) is 63.9 Å². The van der Waals surface area contributed by atoms with E-state index in [9.17, 15) is 0 Å². The normalized spacial score (nSPS) is 17.2. The number of nitrogens with one attached hydrogen (secondary N) is 2. The third-order valence-electron chi connectivity index (χ3n) is 4.66. The van der Waals surface area contributed by atoms with E-state index < -0.39 is 0 Å². The first-order chi connectivity index (χ1) is 14.5. The lowest BCUT2D eigenvalue weighted by molar-refractivity contribution is 0.0836. The Hall–Kier alpha value is -2.72. The summed E-state index contributed by atoms with van der Waals surface area (Å²) in [6.07, 6.45) is 6.42. The van der Waals surface area contributed by atoms with Crippen LogP contribution in [0, 0.1) is 0 Å². The van der Waals surface area contributed by atoms with Crippen molar-refractivity contribution >= 4 is 23.4 Å². The van der Waals surface area contributed by atoms with Crippen molar-refractivity contribution < 1.29 is 9.47 Å². The molecule has 1 unspecified atom stereocenters. The molecule has 10 heteroatoms. The van der Waals surface area contributed by atoms with Crippen molar-refractivity contribution in [3.63, 3.8) is 0 Å². The fourth-order valence-corrected chi connectivity index (χ4v) is 3.25. The molecule has 3 heterocycles. The Labute approximate surface area is 177 Å². The molecule has 2 aromatic heterocycles. The molecule has 0 aromatic carbocycles. The second-order valence-electron chi connectivity index (χ2n) is 7.42. The Bertz CT molecular complexity index is 886. The van der Waals surface area contributed by atoms with Crippen molar-refractivity contribution in [2.24, 2.45) is 10.7 Å². The van der Waals surface area contributed by atoms with Gasteiger partial charge in [0.1, 0.15) is 18.2 Å². The largest absolute Gasteiger partial charge is 0.485 e. The number of ether oxygens (including phenoxy) is 2. The van der Waals surface area contributed by atoms with Crippen LogP contribution in [0.3, 0.4) is 0 Å². The van der Waals surface area contributed by atoms with E-state index in [1.54, 1.807) is 17.1 Å². The number of nitrogens with zero attached hydrogens (tertiary/aromatic N) is 5. The van der Waals surface area contributed by atoms with Gasteiger partial charge in [-0.25, -0.2) is 4.98 Å². The van der Waals surface area contributed by atoms with Gasteiger partial charge in [-0.1, -0.05) is 0 Å². The second-order valence-corrected chi connectivity index (χ2v) is 7.42. The van der Waals surface area contributed by atoms with Crippen molar-refractivity contribution in [3.8, 4) is 5.75 Å². The lowest BCUT2D eigenvalue weighted by atomic mass is 10.1. The number of hydrogen-bond donors (Lipinski definition) is 3. The fraction of sp³-hybridized carbons (Fsp3) is 0.600. The van der Waals surface area contributed by atoms with E-state index in [0.717, 1.165) is 25.9 Å². The van der Waals surface area contributed by atoms with E-state index in [1.807, 2.05) is 27.7 Å². The molecule has 0 amide bonds. The summed E-state index contributed by atoms with van der Waals surface area (Å²) in [4.78, 5) is 13.6. The summed E-state index contributed by atoms with van der Waals surface area (Å²) in [5.41, 5.74) is 7.65. The van der Waals surface area contributed by atoms with Crippen LogP contribution in [0.15, 0.2) is 17.5 Å². The molecule has 1 aliphatic heterocycles. The first-order valence-corrected chi connectivity index (χ1v) is 10.5. The van der Waals surface area contributed by atoms with Crippen LogP contribution < -0.4 is 21.1 Å². The van der Waals surface area contributed by atoms with Crippen molar-refractivity contribution in [2.45, 2.75) is 58.9 Å². The predicted molar refractivity (Wildman–Crippen MR) is 118 cm³/mol. The molecule has 0 bridgehead atoms. The van der Waals surface area contributed by atoms with E-state index in [0.29, 0.717) is 41.3 Å². The molecule has 3 rings (SSSR count). The standard InChI is InChI=1S/C20H32N8O2/c1-5-29-14(4)23-11-15(10-21)17-18(30-13(2)3)19-26-20(27-28(19)12-24-17)25-16-6-8-22-9-7-16/h10-14,16,22H,5-9,21H2,1-4H3,(H,25,27)/b15-10+,23-11+. The first kappa shape index (κ1) is 22.0. The number of fused-ring (bicyclic) bond motifs is 1. The molecule has 1 aliphatic rings. The topological polar surface area (TPSA) is 124 Å². The number of allylic oxidation sites excluding steroid dienone is 1. The van der Waals surface area contributed by atoms with E-state index in [2.05, 4.69) is 30.7 Å². The lowest BCUT2D eigenvalue weighted by Gasteiger charge is -2.22. The van der Waals surface area contributed by atoms with Crippen LogP contribution >= 0.6 is 0 Å². The summed E-state index contributed by atoms with van der Waals surface area (Å²) in [7, 11) is 0. The van der Waals surface area contributed by atoms with Gasteiger partial charge in [0.25, 0.3) is 0 Å². The van der Waals surface area contributed by atoms with Gasteiger partial charge < -0.3 is 25.8 Å². The molecule has 10 nitrogen and oxygen atoms in total. The van der Waals surface area contributed by atoms with Gasteiger partial charge in [-0.3, -0.25) is 4.99 Å². The van der Waals surface area contributed by atoms with Crippen molar-refractivity contribution in [1.29, 1.82) is 0 Å². The Morgan fingerprint density at radius 1 is 1.40 bits per heavy atom. The molecule has 164 valence electrons. The zero-order chi connectivity index (χ0) is 21.5. The molecule has 0 aliphatic carbocycles. The average Bonchev–Trinajstić information content (AvgIpc) is 3.13. The summed E-state index contributed by atoms with van der Waals surface area (Å²) in [6, 6.07) is 0.345. The van der Waals surface area contributed by atoms with E-state index in [-0.39, 0.29) is 12.3 Å². The van der Waals surface area contributed by atoms with Crippen molar-refractivity contribution in [3.05, 3.63) is 18.2 Å². The molecule has 1 saturated heterocycles. The highest BCUT2D eigenvalue weighted by molar-refractivity contribution is 6.10. The zero-order valence-electron chi connectivity index (χ0n) is 18.1. The Kier molecular flexibility index (Phi) is 7.58. The van der Waals surface area contributed by atoms with Gasteiger partial charge in [0.15, 0.2) is 5.75 Å². The fourth-order valence-electron chi connectivity index (χ4n) is 3.25. The van der Waals surface area contributed by atoms with Crippen LogP contribution in [0.2, 0.25) is 0 Å². The SMILES string of the molecule is CCOC(C)/N=C/C(=C\N)c1ncn2nc(NC3CCNCC3)nc2c1OC(C)C. The van der Waals surface area contributed by atoms with Crippen LogP contribution in [0.25, 0.3) is 11.2 Å². The monoisotopic (exact) mass is 416 g/mol. The van der Waals surface area contributed by atoms with Crippen molar-refractivity contribution in [1.82, 2.24) is 24.9 Å². The Morgan fingerprint density at radius 3 is 2.83 bits per heavy atom. The molecule has 2 aromatic rings. The molecule has 30 heavy (non-hydrogen) atoms. The van der Waals surface area contributed by atoms with Gasteiger partial charge in [-0.2, -0.15) is 9.50 Å². The van der Waals surface area contributed by atoms with Gasteiger partial charge in [0.05, 0.1) is 6.10 Å². The predicted octanol–water partition coefficient (Wildman–Crippen LogP) is 1.83. The summed E-state index contributed by atoms with van der Waals surface area (Å²) in [5, 5.41) is 11.3. The Morgan fingerprint density at radius 2 is 2.17 bits per heavy atom. The van der Waals surface area contributed by atoms with Crippen LogP contribution in [0.4, 0.5) is 5.95 Å². The van der Waals surface area contributed by atoms with Gasteiger partial charge in [-0.15, -0.1) is 5.10 Å². The summed E-state index contributed by atoms with van der Waals surface area (Å²) < 4.78 is 13.2. The molecule has 0 saturated carbocycles. The highest BCUT2D eigenvalue weighted by atomic mass is 16.5. The minimum Gasteiger partial charge on any atom is -0.485 e. The number of anilines is 1. The van der Waals surface area contributed by atoms with Crippen LogP contribution in [-0.2, 0) is 4.74 Å².